The second-order valence-corrected chi connectivity index (χ2v) is 9.65. The van der Waals surface area contributed by atoms with Crippen molar-refractivity contribution in [2.45, 2.75) is 44.6 Å². The molecule has 1 N–H and O–H groups in total. The van der Waals surface area contributed by atoms with Crippen LogP contribution < -0.4 is 14.4 Å². The van der Waals surface area contributed by atoms with Gasteiger partial charge in [0.15, 0.2) is 17.4 Å². The third-order valence-electron chi connectivity index (χ3n) is 7.33. The number of anilines is 1. The van der Waals surface area contributed by atoms with E-state index in [1.54, 1.807) is 23.5 Å². The fourth-order valence-electron chi connectivity index (χ4n) is 5.47. The van der Waals surface area contributed by atoms with Gasteiger partial charge in [0.05, 0.1) is 30.5 Å². The number of benzene rings is 1. The normalized spacial score (nSPS) is 20.5. The van der Waals surface area contributed by atoms with E-state index in [1.807, 2.05) is 35.2 Å². The zero-order valence-electron chi connectivity index (χ0n) is 21.4. The van der Waals surface area contributed by atoms with Gasteiger partial charge in [-0.3, -0.25) is 19.5 Å². The van der Waals surface area contributed by atoms with Crippen LogP contribution in [-0.2, 0) is 16.0 Å². The van der Waals surface area contributed by atoms with Crippen molar-refractivity contribution in [3.63, 3.8) is 0 Å². The summed E-state index contributed by atoms with van der Waals surface area (Å²) in [6.07, 6.45) is 9.22. The highest BCUT2D eigenvalue weighted by molar-refractivity contribution is 5.94. The molecule has 2 aromatic heterocycles. The number of rotatable bonds is 11. The van der Waals surface area contributed by atoms with E-state index in [-0.39, 0.29) is 31.2 Å². The highest BCUT2D eigenvalue weighted by Gasteiger charge is 2.47. The number of hydrogen-bond acceptors (Lipinski definition) is 8. The lowest BCUT2D eigenvalue weighted by Crippen LogP contribution is -2.44. The van der Waals surface area contributed by atoms with Crippen molar-refractivity contribution in [2.75, 3.05) is 31.3 Å². The highest BCUT2D eigenvalue weighted by Crippen LogP contribution is 2.43. The molecule has 3 aromatic rings. The Labute approximate surface area is 221 Å². The van der Waals surface area contributed by atoms with Crippen LogP contribution in [0.5, 0.6) is 11.5 Å². The summed E-state index contributed by atoms with van der Waals surface area (Å²) in [6, 6.07) is 8.88. The Morgan fingerprint density at radius 1 is 1.18 bits per heavy atom. The molecule has 0 bridgehead atoms. The number of fused-ring (bicyclic) bond motifs is 1. The number of hydrogen-bond donors (Lipinski definition) is 1. The van der Waals surface area contributed by atoms with Crippen LogP contribution in [0.15, 0.2) is 59.6 Å². The molecule has 1 aromatic carbocycles. The van der Waals surface area contributed by atoms with Gasteiger partial charge in [-0.25, -0.2) is 4.98 Å². The van der Waals surface area contributed by atoms with Crippen LogP contribution in [0.2, 0.25) is 0 Å². The molecular formula is C28H32N4O6. The molecule has 5 rings (SSSR count). The maximum Gasteiger partial charge on any atom is 0.308 e. The third kappa shape index (κ3) is 5.50. The number of carboxylic acid groups (broad SMARTS) is 1. The van der Waals surface area contributed by atoms with Crippen LogP contribution in [-0.4, -0.2) is 64.3 Å². The number of oxazole rings is 1. The van der Waals surface area contributed by atoms with Gasteiger partial charge in [-0.2, -0.15) is 0 Å². The number of carbonyl (C=O) groups is 2. The molecule has 0 aliphatic carbocycles. The smallest absolute Gasteiger partial charge is 0.308 e. The van der Waals surface area contributed by atoms with Gasteiger partial charge in [-0.05, 0) is 42.7 Å². The Bertz CT molecular complexity index is 1240. The summed E-state index contributed by atoms with van der Waals surface area (Å²) in [6.45, 7) is 3.32. The van der Waals surface area contributed by atoms with E-state index in [4.69, 9.17) is 13.9 Å². The highest BCUT2D eigenvalue weighted by atomic mass is 16.7. The Morgan fingerprint density at radius 3 is 2.79 bits per heavy atom. The first-order chi connectivity index (χ1) is 18.5. The van der Waals surface area contributed by atoms with E-state index in [2.05, 4.69) is 16.9 Å². The number of amides is 1. The number of ether oxygens (including phenoxy) is 2. The van der Waals surface area contributed by atoms with Crippen LogP contribution in [0, 0.1) is 5.92 Å². The zero-order valence-corrected chi connectivity index (χ0v) is 21.4. The maximum atomic E-state index is 13.7. The quantitative estimate of drug-likeness (QED) is 0.403. The number of likely N-dealkylation sites (tertiary alicyclic amines) is 1. The van der Waals surface area contributed by atoms with Crippen molar-refractivity contribution in [1.29, 1.82) is 0 Å². The van der Waals surface area contributed by atoms with Crippen LogP contribution in [0.1, 0.15) is 43.6 Å². The Morgan fingerprint density at radius 2 is 2.05 bits per heavy atom. The van der Waals surface area contributed by atoms with Gasteiger partial charge in [0.25, 0.3) is 0 Å². The Balaban J connectivity index is 1.43. The molecule has 38 heavy (non-hydrogen) atoms. The second kappa shape index (κ2) is 11.6. The summed E-state index contributed by atoms with van der Waals surface area (Å²) in [7, 11) is 0. The van der Waals surface area contributed by atoms with Crippen LogP contribution in [0.25, 0.3) is 0 Å². The summed E-state index contributed by atoms with van der Waals surface area (Å²) in [4.78, 5) is 38.6. The number of aryl methyl sites for hydroxylation is 1. The Kier molecular flexibility index (Phi) is 7.88. The molecule has 10 nitrogen and oxygen atoms in total. The Hall–Kier alpha value is -3.92. The van der Waals surface area contributed by atoms with Crippen molar-refractivity contribution in [1.82, 2.24) is 14.9 Å². The lowest BCUT2D eigenvalue weighted by molar-refractivity contribution is -0.143. The summed E-state index contributed by atoms with van der Waals surface area (Å²) >= 11 is 0. The van der Waals surface area contributed by atoms with Gasteiger partial charge in [-0.1, -0.05) is 19.4 Å². The lowest BCUT2D eigenvalue weighted by Gasteiger charge is -2.29. The summed E-state index contributed by atoms with van der Waals surface area (Å²) in [5.41, 5.74) is 1.59. The molecule has 0 unspecified atom stereocenters. The van der Waals surface area contributed by atoms with Crippen LogP contribution in [0.3, 0.4) is 0 Å². The number of nitrogens with zero attached hydrogens (tertiary/aromatic N) is 4. The van der Waals surface area contributed by atoms with Gasteiger partial charge in [0.1, 0.15) is 6.26 Å². The first-order valence-corrected chi connectivity index (χ1v) is 13.0. The molecule has 3 atom stereocenters. The van der Waals surface area contributed by atoms with Crippen molar-refractivity contribution in [2.24, 2.45) is 5.92 Å². The number of pyridine rings is 1. The van der Waals surface area contributed by atoms with Gasteiger partial charge >= 0.3 is 5.97 Å². The first-order valence-electron chi connectivity index (χ1n) is 13.0. The molecule has 0 spiro atoms. The number of carbonyl (C=O) groups excluding carboxylic acids is 1. The molecule has 0 radical (unpaired) electrons. The van der Waals surface area contributed by atoms with E-state index in [1.165, 1.54) is 6.26 Å². The minimum absolute atomic E-state index is 0.0805. The van der Waals surface area contributed by atoms with Crippen molar-refractivity contribution in [3.05, 3.63) is 66.6 Å². The number of aromatic nitrogens is 2. The average molecular weight is 521 g/mol. The fourth-order valence-corrected chi connectivity index (χ4v) is 5.47. The summed E-state index contributed by atoms with van der Waals surface area (Å²) < 4.78 is 16.4. The van der Waals surface area contributed by atoms with Crippen molar-refractivity contribution < 1.29 is 28.6 Å². The predicted octanol–water partition coefficient (Wildman–Crippen LogP) is 3.73. The van der Waals surface area contributed by atoms with Gasteiger partial charge in [0, 0.05) is 37.7 Å². The summed E-state index contributed by atoms with van der Waals surface area (Å²) in [5.74, 6) is -0.216. The van der Waals surface area contributed by atoms with Crippen LogP contribution >= 0.6 is 0 Å². The van der Waals surface area contributed by atoms with E-state index in [0.29, 0.717) is 43.3 Å². The predicted molar refractivity (Wildman–Crippen MR) is 138 cm³/mol. The van der Waals surface area contributed by atoms with Crippen LogP contribution in [0.4, 0.5) is 5.69 Å². The van der Waals surface area contributed by atoms with Gasteiger partial charge in [0.2, 0.25) is 12.7 Å². The number of unbranched alkanes of at least 4 members (excludes halogenated alkanes) is 1. The molecule has 200 valence electrons. The lowest BCUT2D eigenvalue weighted by atomic mass is 9.83. The first kappa shape index (κ1) is 25.7. The maximum absolute atomic E-state index is 13.7. The largest absolute Gasteiger partial charge is 0.481 e. The molecule has 1 fully saturated rings. The number of aliphatic carboxylic acids is 1. The molecule has 2 aliphatic heterocycles. The molecule has 1 amide bonds. The molecule has 1 saturated heterocycles. The molecule has 2 aliphatic rings. The minimum Gasteiger partial charge on any atom is -0.481 e. The van der Waals surface area contributed by atoms with E-state index in [0.717, 1.165) is 24.1 Å². The van der Waals surface area contributed by atoms with E-state index >= 15 is 0 Å². The summed E-state index contributed by atoms with van der Waals surface area (Å²) in [5, 5.41) is 10.4. The second-order valence-electron chi connectivity index (χ2n) is 9.65. The molecule has 0 saturated carbocycles. The zero-order chi connectivity index (χ0) is 26.5. The minimum atomic E-state index is -0.893. The molecular weight excluding hydrogens is 488 g/mol. The molecule has 4 heterocycles. The third-order valence-corrected chi connectivity index (χ3v) is 7.33. The SMILES string of the molecule is CCCCN(C(=O)CN1C[C@H](c2ccc3c(c2)OCO3)[C@@H](C(=O)O)[C@@H]1CCc1ncco1)c1cccnc1. The number of carboxylic acids is 1. The van der Waals surface area contributed by atoms with E-state index in [9.17, 15) is 14.7 Å². The standard InChI is InChI=1S/C28H32N4O6/c1-2-3-12-32(20-5-4-10-29-15-20)26(33)17-31-16-21(19-6-8-23-24(14-19)38-18-37-23)27(28(34)35)22(31)7-9-25-30-11-13-36-25/h4-6,8,10-11,13-15,21-22,27H,2-3,7,9,12,16-18H2,1H3,(H,34,35)/t21-,22+,27-/m1/s1. The van der Waals surface area contributed by atoms with Gasteiger partial charge < -0.3 is 23.9 Å². The van der Waals surface area contributed by atoms with E-state index < -0.39 is 11.9 Å². The fraction of sp³-hybridized carbons (Fsp3) is 0.429. The monoisotopic (exact) mass is 520 g/mol. The van der Waals surface area contributed by atoms with Gasteiger partial charge in [-0.15, -0.1) is 0 Å². The molecule has 10 heteroatoms. The topological polar surface area (TPSA) is 118 Å². The van der Waals surface area contributed by atoms with Crippen molar-refractivity contribution in [3.8, 4) is 11.5 Å². The van der Waals surface area contributed by atoms with Crippen molar-refractivity contribution >= 4 is 17.6 Å². The average Bonchev–Trinajstić information content (AvgIpc) is 3.68.